The first-order valence-corrected chi connectivity index (χ1v) is 6.67. The number of aliphatic hydroxyl groups excluding tert-OH is 1. The van der Waals surface area contributed by atoms with E-state index in [1.165, 1.54) is 0 Å². The van der Waals surface area contributed by atoms with Crippen LogP contribution in [0.4, 0.5) is 0 Å². The molecule has 0 unspecified atom stereocenters. The van der Waals surface area contributed by atoms with Gasteiger partial charge in [0.05, 0.1) is 24.7 Å². The van der Waals surface area contributed by atoms with Crippen LogP contribution in [-0.4, -0.2) is 31.3 Å². The summed E-state index contributed by atoms with van der Waals surface area (Å²) in [6, 6.07) is 9.19. The Hall–Kier alpha value is -1.39. The average molecular weight is 263 g/mol. The van der Waals surface area contributed by atoms with E-state index in [0.717, 1.165) is 24.8 Å². The molecule has 1 amide bonds. The third kappa shape index (κ3) is 2.96. The quantitative estimate of drug-likeness (QED) is 0.820. The van der Waals surface area contributed by atoms with E-state index >= 15 is 0 Å². The van der Waals surface area contributed by atoms with Crippen molar-refractivity contribution < 1.29 is 14.6 Å². The monoisotopic (exact) mass is 263 g/mol. The van der Waals surface area contributed by atoms with Crippen molar-refractivity contribution >= 4 is 5.91 Å². The van der Waals surface area contributed by atoms with Gasteiger partial charge in [0.1, 0.15) is 0 Å². The minimum Gasteiger partial charge on any atom is -0.394 e. The summed E-state index contributed by atoms with van der Waals surface area (Å²) in [5, 5.41) is 12.4. The zero-order valence-corrected chi connectivity index (χ0v) is 11.3. The molecule has 1 saturated carbocycles. The number of aliphatic hydroxyl groups is 1. The van der Waals surface area contributed by atoms with Crippen LogP contribution in [0.25, 0.3) is 0 Å². The maximum atomic E-state index is 12.4. The fourth-order valence-corrected chi connectivity index (χ4v) is 2.55. The number of carbonyl (C=O) groups is 1. The second-order valence-corrected chi connectivity index (χ2v) is 5.19. The number of methoxy groups -OCH3 is 1. The highest BCUT2D eigenvalue weighted by atomic mass is 16.5. The van der Waals surface area contributed by atoms with Crippen LogP contribution in [0, 0.1) is 5.41 Å². The molecule has 19 heavy (non-hydrogen) atoms. The van der Waals surface area contributed by atoms with Crippen molar-refractivity contribution in [3.8, 4) is 0 Å². The number of carbonyl (C=O) groups excluding carboxylic acids is 1. The van der Waals surface area contributed by atoms with Gasteiger partial charge < -0.3 is 15.2 Å². The lowest BCUT2D eigenvalue weighted by Crippen LogP contribution is -2.50. The predicted octanol–water partition coefficient (Wildman–Crippen LogP) is 1.65. The van der Waals surface area contributed by atoms with E-state index in [1.54, 1.807) is 7.11 Å². The number of amides is 1. The van der Waals surface area contributed by atoms with Crippen LogP contribution in [-0.2, 0) is 9.53 Å². The second-order valence-electron chi connectivity index (χ2n) is 5.19. The molecule has 0 spiro atoms. The molecule has 4 nitrogen and oxygen atoms in total. The van der Waals surface area contributed by atoms with E-state index in [1.807, 2.05) is 30.3 Å². The number of rotatable bonds is 6. The Morgan fingerprint density at radius 2 is 2.11 bits per heavy atom. The lowest BCUT2D eigenvalue weighted by Gasteiger charge is -2.40. The Balaban J connectivity index is 2.04. The van der Waals surface area contributed by atoms with Crippen molar-refractivity contribution in [3.05, 3.63) is 35.9 Å². The molecular formula is C15H21NO3. The van der Waals surface area contributed by atoms with Gasteiger partial charge in [0.25, 0.3) is 0 Å². The highest BCUT2D eigenvalue weighted by Crippen LogP contribution is 2.41. The summed E-state index contributed by atoms with van der Waals surface area (Å²) in [5.41, 5.74) is 0.530. The fourth-order valence-electron chi connectivity index (χ4n) is 2.55. The van der Waals surface area contributed by atoms with Crippen molar-refractivity contribution in [3.63, 3.8) is 0 Å². The average Bonchev–Trinajstić information content (AvgIpc) is 2.40. The summed E-state index contributed by atoms with van der Waals surface area (Å²) in [7, 11) is 1.62. The first-order valence-electron chi connectivity index (χ1n) is 6.67. The maximum absolute atomic E-state index is 12.4. The molecule has 1 aliphatic carbocycles. The molecule has 0 aromatic heterocycles. The molecule has 0 radical (unpaired) electrons. The maximum Gasteiger partial charge on any atom is 0.229 e. The van der Waals surface area contributed by atoms with E-state index < -0.39 is 5.41 Å². The highest BCUT2D eigenvalue weighted by molar-refractivity contribution is 5.84. The summed E-state index contributed by atoms with van der Waals surface area (Å²) in [6.45, 7) is 0.352. The van der Waals surface area contributed by atoms with Crippen LogP contribution in [0.3, 0.4) is 0 Å². The number of nitrogens with one attached hydrogen (secondary N) is 1. The van der Waals surface area contributed by atoms with Gasteiger partial charge in [-0.3, -0.25) is 4.79 Å². The van der Waals surface area contributed by atoms with Crippen LogP contribution in [0.2, 0.25) is 0 Å². The van der Waals surface area contributed by atoms with E-state index in [-0.39, 0.29) is 18.6 Å². The van der Waals surface area contributed by atoms with Gasteiger partial charge in [-0.05, 0) is 18.4 Å². The molecule has 4 heteroatoms. The SMILES string of the molecule is COCC1(C(=O)N[C@@H](CO)c2ccccc2)CCC1. The van der Waals surface area contributed by atoms with Gasteiger partial charge in [-0.2, -0.15) is 0 Å². The zero-order valence-electron chi connectivity index (χ0n) is 11.3. The lowest BCUT2D eigenvalue weighted by molar-refractivity contribution is -0.141. The molecular weight excluding hydrogens is 242 g/mol. The topological polar surface area (TPSA) is 58.6 Å². The number of hydrogen-bond acceptors (Lipinski definition) is 3. The van der Waals surface area contributed by atoms with Crippen LogP contribution in [0.1, 0.15) is 30.9 Å². The second kappa shape index (κ2) is 6.17. The van der Waals surface area contributed by atoms with Crippen molar-refractivity contribution in [1.82, 2.24) is 5.32 Å². The molecule has 0 bridgehead atoms. The van der Waals surface area contributed by atoms with Gasteiger partial charge in [-0.1, -0.05) is 36.8 Å². The fraction of sp³-hybridized carbons (Fsp3) is 0.533. The number of ether oxygens (including phenoxy) is 1. The Labute approximate surface area is 113 Å². The molecule has 104 valence electrons. The minimum atomic E-state index is -0.392. The van der Waals surface area contributed by atoms with Crippen molar-refractivity contribution in [2.75, 3.05) is 20.3 Å². The highest BCUT2D eigenvalue weighted by Gasteiger charge is 2.44. The largest absolute Gasteiger partial charge is 0.394 e. The summed E-state index contributed by atoms with van der Waals surface area (Å²) < 4.78 is 5.17. The number of benzene rings is 1. The molecule has 0 aliphatic heterocycles. The molecule has 1 atom stereocenters. The van der Waals surface area contributed by atoms with Crippen molar-refractivity contribution in [2.24, 2.45) is 5.41 Å². The Kier molecular flexibility index (Phi) is 4.56. The van der Waals surface area contributed by atoms with E-state index in [9.17, 15) is 9.90 Å². The van der Waals surface area contributed by atoms with Crippen LogP contribution in [0.5, 0.6) is 0 Å². The van der Waals surface area contributed by atoms with Crippen LogP contribution in [0.15, 0.2) is 30.3 Å². The first kappa shape index (κ1) is 14.0. The van der Waals surface area contributed by atoms with Gasteiger partial charge in [0.2, 0.25) is 5.91 Å². The first-order chi connectivity index (χ1) is 9.22. The zero-order chi connectivity index (χ0) is 13.7. The van der Waals surface area contributed by atoms with Gasteiger partial charge >= 0.3 is 0 Å². The van der Waals surface area contributed by atoms with Gasteiger partial charge in [0.15, 0.2) is 0 Å². The smallest absolute Gasteiger partial charge is 0.229 e. The van der Waals surface area contributed by atoms with Crippen molar-refractivity contribution in [2.45, 2.75) is 25.3 Å². The van der Waals surface area contributed by atoms with Crippen molar-refractivity contribution in [1.29, 1.82) is 0 Å². The summed E-state index contributed by atoms with van der Waals surface area (Å²) in [6.07, 6.45) is 2.78. The lowest BCUT2D eigenvalue weighted by atomic mass is 9.68. The van der Waals surface area contributed by atoms with Crippen LogP contribution < -0.4 is 5.32 Å². The molecule has 1 aromatic rings. The Morgan fingerprint density at radius 3 is 2.58 bits per heavy atom. The molecule has 0 heterocycles. The van der Waals surface area contributed by atoms with E-state index in [4.69, 9.17) is 4.74 Å². The molecule has 1 aromatic carbocycles. The Bertz CT molecular complexity index is 415. The van der Waals surface area contributed by atoms with Gasteiger partial charge in [0, 0.05) is 7.11 Å². The van der Waals surface area contributed by atoms with Gasteiger partial charge in [-0.15, -0.1) is 0 Å². The summed E-state index contributed by atoms with van der Waals surface area (Å²) in [4.78, 5) is 12.4. The normalized spacial score (nSPS) is 18.4. The summed E-state index contributed by atoms with van der Waals surface area (Å²) in [5.74, 6) is -0.0106. The summed E-state index contributed by atoms with van der Waals surface area (Å²) >= 11 is 0. The third-order valence-electron chi connectivity index (χ3n) is 3.90. The van der Waals surface area contributed by atoms with Gasteiger partial charge in [-0.25, -0.2) is 0 Å². The minimum absolute atomic E-state index is 0.0106. The van der Waals surface area contributed by atoms with E-state index in [0.29, 0.717) is 6.61 Å². The number of hydrogen-bond donors (Lipinski definition) is 2. The third-order valence-corrected chi connectivity index (χ3v) is 3.90. The molecule has 1 fully saturated rings. The van der Waals surface area contributed by atoms with Crippen LogP contribution >= 0.6 is 0 Å². The van der Waals surface area contributed by atoms with E-state index in [2.05, 4.69) is 5.32 Å². The molecule has 0 saturated heterocycles. The molecule has 2 N–H and O–H groups in total. The molecule has 2 rings (SSSR count). The standard InChI is InChI=1S/C15H21NO3/c1-19-11-15(8-5-9-15)14(18)16-13(10-17)12-6-3-2-4-7-12/h2-4,6-7,13,17H,5,8-11H2,1H3,(H,16,18)/t13-/m0/s1. The Morgan fingerprint density at radius 1 is 1.42 bits per heavy atom. The predicted molar refractivity (Wildman–Crippen MR) is 72.6 cm³/mol. The molecule has 1 aliphatic rings.